The number of benzene rings is 1. The number of nitrogens with two attached hydrogens (primary N) is 1. The quantitative estimate of drug-likeness (QED) is 0.783. The Morgan fingerprint density at radius 3 is 2.54 bits per heavy atom. The molecule has 0 aliphatic carbocycles. The van der Waals surface area contributed by atoms with Crippen LogP contribution in [0.15, 0.2) is 42.7 Å². The van der Waals surface area contributed by atoms with Gasteiger partial charge in [0, 0.05) is 31.4 Å². The lowest BCUT2D eigenvalue weighted by atomic mass is 10.0. The number of hydrogen-bond acceptors (Lipinski definition) is 3. The number of nitrogens with zero attached hydrogens (tertiary/aromatic N) is 2. The molecule has 1 amide bonds. The highest BCUT2D eigenvalue weighted by atomic mass is 35.5. The van der Waals surface area contributed by atoms with Crippen molar-refractivity contribution in [1.29, 1.82) is 0 Å². The van der Waals surface area contributed by atoms with Crippen LogP contribution in [0.1, 0.15) is 37.7 Å². The van der Waals surface area contributed by atoms with Crippen molar-refractivity contribution in [2.75, 3.05) is 0 Å². The van der Waals surface area contributed by atoms with Gasteiger partial charge in [-0.3, -0.25) is 4.79 Å². The third-order valence-corrected chi connectivity index (χ3v) is 3.44. The molecule has 134 valence electrons. The van der Waals surface area contributed by atoms with Crippen LogP contribution in [0.5, 0.6) is 0 Å². The molecule has 24 heavy (non-hydrogen) atoms. The van der Waals surface area contributed by atoms with Crippen molar-refractivity contribution in [3.8, 4) is 0 Å². The Morgan fingerprint density at radius 2 is 1.92 bits per heavy atom. The molecule has 0 fully saturated rings. The highest BCUT2D eigenvalue weighted by molar-refractivity contribution is 5.85. The molecule has 0 radical (unpaired) electrons. The highest BCUT2D eigenvalue weighted by Gasteiger charge is 2.12. The average Bonchev–Trinajstić information content (AvgIpc) is 2.92. The number of amides is 1. The summed E-state index contributed by atoms with van der Waals surface area (Å²) >= 11 is 0. The van der Waals surface area contributed by atoms with E-state index in [0.717, 1.165) is 17.9 Å². The predicted molar refractivity (Wildman–Crippen MR) is 101 cm³/mol. The molecule has 0 saturated heterocycles. The number of carbonyl (C=O) groups is 1. The van der Waals surface area contributed by atoms with Crippen molar-refractivity contribution < 1.29 is 4.79 Å². The van der Waals surface area contributed by atoms with Crippen molar-refractivity contribution in [3.63, 3.8) is 0 Å². The smallest absolute Gasteiger partial charge is 0.222 e. The Hall–Kier alpha value is -1.56. The summed E-state index contributed by atoms with van der Waals surface area (Å²) < 4.78 is 2.07. The van der Waals surface area contributed by atoms with Crippen LogP contribution in [-0.4, -0.2) is 15.5 Å². The molecule has 1 heterocycles. The van der Waals surface area contributed by atoms with E-state index in [4.69, 9.17) is 5.73 Å². The molecule has 3 N–H and O–H groups in total. The van der Waals surface area contributed by atoms with Crippen molar-refractivity contribution in [1.82, 2.24) is 14.9 Å². The van der Waals surface area contributed by atoms with E-state index in [1.165, 1.54) is 0 Å². The number of rotatable bonds is 7. The third-order valence-electron chi connectivity index (χ3n) is 3.44. The maximum absolute atomic E-state index is 12.0. The maximum atomic E-state index is 12.0. The Kier molecular flexibility index (Phi) is 10.4. The molecular formula is C17H26Cl2N4O. The van der Waals surface area contributed by atoms with Gasteiger partial charge in [-0.1, -0.05) is 44.2 Å². The van der Waals surface area contributed by atoms with E-state index in [9.17, 15) is 4.79 Å². The normalized spacial score (nSPS) is 11.3. The SMILES string of the molecule is CC(C)Cn1ccnc1CNC(=O)CC(N)c1ccccc1.Cl.Cl. The fraction of sp³-hybridized carbons (Fsp3) is 0.412. The molecule has 1 unspecified atom stereocenters. The van der Waals surface area contributed by atoms with Crippen LogP contribution in [0.2, 0.25) is 0 Å². The van der Waals surface area contributed by atoms with E-state index in [1.807, 2.05) is 36.5 Å². The third kappa shape index (κ3) is 6.91. The number of halogens is 2. The maximum Gasteiger partial charge on any atom is 0.222 e. The van der Waals surface area contributed by atoms with E-state index in [-0.39, 0.29) is 43.2 Å². The average molecular weight is 373 g/mol. The summed E-state index contributed by atoms with van der Waals surface area (Å²) in [5.74, 6) is 1.35. The van der Waals surface area contributed by atoms with Gasteiger partial charge in [-0.15, -0.1) is 24.8 Å². The molecule has 0 bridgehead atoms. The molecule has 1 aromatic carbocycles. The first-order valence-corrected chi connectivity index (χ1v) is 7.63. The molecule has 7 heteroatoms. The number of nitrogens with one attached hydrogen (secondary N) is 1. The Labute approximate surface area is 155 Å². The van der Waals surface area contributed by atoms with Gasteiger partial charge in [-0.25, -0.2) is 4.98 Å². The Bertz CT molecular complexity index is 602. The van der Waals surface area contributed by atoms with Crippen molar-refractivity contribution >= 4 is 30.7 Å². The molecule has 0 spiro atoms. The first-order valence-electron chi connectivity index (χ1n) is 7.63. The first-order chi connectivity index (χ1) is 10.6. The number of hydrogen-bond donors (Lipinski definition) is 2. The van der Waals surface area contributed by atoms with Gasteiger partial charge in [0.1, 0.15) is 5.82 Å². The van der Waals surface area contributed by atoms with Crippen LogP contribution >= 0.6 is 24.8 Å². The lowest BCUT2D eigenvalue weighted by Crippen LogP contribution is -2.28. The Balaban J connectivity index is 0.00000264. The van der Waals surface area contributed by atoms with Crippen LogP contribution in [0, 0.1) is 5.92 Å². The summed E-state index contributed by atoms with van der Waals surface area (Å²) in [4.78, 5) is 16.3. The van der Waals surface area contributed by atoms with E-state index >= 15 is 0 Å². The van der Waals surface area contributed by atoms with Crippen molar-refractivity contribution in [2.45, 2.75) is 39.4 Å². The molecular weight excluding hydrogens is 347 g/mol. The summed E-state index contributed by atoms with van der Waals surface area (Å²) in [7, 11) is 0. The minimum atomic E-state index is -0.281. The topological polar surface area (TPSA) is 72.9 Å². The molecule has 0 aliphatic rings. The summed E-state index contributed by atoms with van der Waals surface area (Å²) in [5, 5.41) is 2.90. The second-order valence-electron chi connectivity index (χ2n) is 5.89. The van der Waals surface area contributed by atoms with Crippen LogP contribution in [0.25, 0.3) is 0 Å². The highest BCUT2D eigenvalue weighted by Crippen LogP contribution is 2.13. The zero-order valence-corrected chi connectivity index (χ0v) is 15.6. The van der Waals surface area contributed by atoms with E-state index in [1.54, 1.807) is 6.20 Å². The monoisotopic (exact) mass is 372 g/mol. The van der Waals surface area contributed by atoms with Gasteiger partial charge in [-0.2, -0.15) is 0 Å². The summed E-state index contributed by atoms with van der Waals surface area (Å²) in [6.07, 6.45) is 3.98. The second kappa shape index (κ2) is 11.1. The Morgan fingerprint density at radius 1 is 1.25 bits per heavy atom. The molecule has 5 nitrogen and oxygen atoms in total. The number of carbonyl (C=O) groups excluding carboxylic acids is 1. The minimum absolute atomic E-state index is 0. The van der Waals surface area contributed by atoms with Crippen LogP contribution in [-0.2, 0) is 17.9 Å². The van der Waals surface area contributed by atoms with Crippen molar-refractivity contribution in [3.05, 3.63) is 54.1 Å². The van der Waals surface area contributed by atoms with Gasteiger partial charge in [0.15, 0.2) is 0 Å². The van der Waals surface area contributed by atoms with Gasteiger partial charge >= 0.3 is 0 Å². The zero-order valence-electron chi connectivity index (χ0n) is 14.0. The fourth-order valence-electron chi connectivity index (χ4n) is 2.33. The van der Waals surface area contributed by atoms with Gasteiger partial charge < -0.3 is 15.6 Å². The van der Waals surface area contributed by atoms with Crippen molar-refractivity contribution in [2.24, 2.45) is 11.7 Å². The van der Waals surface area contributed by atoms with Gasteiger partial charge in [0.05, 0.1) is 6.54 Å². The van der Waals surface area contributed by atoms with E-state index in [2.05, 4.69) is 28.7 Å². The van der Waals surface area contributed by atoms with Gasteiger partial charge in [0.25, 0.3) is 0 Å². The van der Waals surface area contributed by atoms with Gasteiger partial charge in [0.2, 0.25) is 5.91 Å². The molecule has 1 atom stereocenters. The summed E-state index contributed by atoms with van der Waals surface area (Å²) in [5.41, 5.74) is 7.03. The molecule has 2 rings (SSSR count). The first kappa shape index (κ1) is 22.4. The zero-order chi connectivity index (χ0) is 15.9. The number of aromatic nitrogens is 2. The van der Waals surface area contributed by atoms with Crippen LogP contribution in [0.4, 0.5) is 0 Å². The standard InChI is InChI=1S/C17H24N4O.2ClH/c1-13(2)12-21-9-8-19-16(21)11-20-17(22)10-15(18)14-6-4-3-5-7-14;;/h3-9,13,15H,10-12,18H2,1-2H3,(H,20,22);2*1H. The van der Waals surface area contributed by atoms with Gasteiger partial charge in [-0.05, 0) is 11.5 Å². The minimum Gasteiger partial charge on any atom is -0.349 e. The molecule has 0 saturated carbocycles. The summed E-state index contributed by atoms with van der Waals surface area (Å²) in [6.45, 7) is 5.64. The van der Waals surface area contributed by atoms with Crippen LogP contribution in [0.3, 0.4) is 0 Å². The predicted octanol–water partition coefficient (Wildman–Crippen LogP) is 3.09. The summed E-state index contributed by atoms with van der Waals surface area (Å²) in [6, 6.07) is 9.38. The van der Waals surface area contributed by atoms with Crippen LogP contribution < -0.4 is 11.1 Å². The second-order valence-corrected chi connectivity index (χ2v) is 5.89. The van der Waals surface area contributed by atoms with E-state index in [0.29, 0.717) is 12.5 Å². The lowest BCUT2D eigenvalue weighted by Gasteiger charge is -2.13. The fourth-order valence-corrected chi connectivity index (χ4v) is 2.33. The number of imidazole rings is 1. The van der Waals surface area contributed by atoms with E-state index < -0.39 is 0 Å². The largest absolute Gasteiger partial charge is 0.349 e. The molecule has 1 aromatic heterocycles. The lowest BCUT2D eigenvalue weighted by molar-refractivity contribution is -0.121. The molecule has 2 aromatic rings. The molecule has 0 aliphatic heterocycles.